The van der Waals surface area contributed by atoms with Crippen molar-refractivity contribution in [1.29, 1.82) is 5.26 Å². The van der Waals surface area contributed by atoms with Crippen LogP contribution in [0.2, 0.25) is 0 Å². The number of nitrogens with one attached hydrogen (secondary N) is 1. The van der Waals surface area contributed by atoms with Crippen LogP contribution in [0.3, 0.4) is 0 Å². The molecule has 0 bridgehead atoms. The molecular weight excluding hydrogens is 350 g/mol. The van der Waals surface area contributed by atoms with Gasteiger partial charge in [0, 0.05) is 36.1 Å². The minimum Gasteiger partial charge on any atom is -0.354 e. The first-order valence-corrected chi connectivity index (χ1v) is 9.48. The number of fused-ring (bicyclic) bond motifs is 1. The molecule has 1 amide bonds. The van der Waals surface area contributed by atoms with Crippen LogP contribution in [0.25, 0.3) is 11.0 Å². The van der Waals surface area contributed by atoms with Gasteiger partial charge in [0.05, 0.1) is 22.9 Å². The molecule has 1 N–H and O–H groups in total. The number of piperidine rings is 1. The van der Waals surface area contributed by atoms with Crippen LogP contribution in [0.15, 0.2) is 42.6 Å². The Labute approximate surface area is 163 Å². The number of aryl methyl sites for hydroxylation is 1. The largest absolute Gasteiger partial charge is 0.354 e. The molecule has 0 aliphatic carbocycles. The number of nitriles is 1. The third kappa shape index (κ3) is 3.52. The first-order valence-electron chi connectivity index (χ1n) is 9.48. The molecule has 0 atom stereocenters. The summed E-state index contributed by atoms with van der Waals surface area (Å²) in [5.41, 5.74) is 3.98. The summed E-state index contributed by atoms with van der Waals surface area (Å²) in [6, 6.07) is 13.2. The molecule has 1 saturated heterocycles. The fourth-order valence-corrected chi connectivity index (χ4v) is 3.55. The van der Waals surface area contributed by atoms with Gasteiger partial charge in [0.25, 0.3) is 5.91 Å². The van der Waals surface area contributed by atoms with Gasteiger partial charge in [-0.25, -0.2) is 9.97 Å². The highest BCUT2D eigenvalue weighted by molar-refractivity contribution is 6.07. The highest BCUT2D eigenvalue weighted by Crippen LogP contribution is 2.30. The number of carbonyl (C=O) groups is 1. The third-order valence-electron chi connectivity index (χ3n) is 5.00. The number of anilines is 2. The number of aromatic nitrogens is 2. The first kappa shape index (κ1) is 17.9. The highest BCUT2D eigenvalue weighted by atomic mass is 16.2. The molecular formula is C22H21N5O. The maximum atomic E-state index is 13.2. The zero-order valence-electron chi connectivity index (χ0n) is 15.8. The second kappa shape index (κ2) is 7.65. The molecule has 3 heterocycles. The lowest BCUT2D eigenvalue weighted by atomic mass is 10.1. The maximum absolute atomic E-state index is 13.2. The van der Waals surface area contributed by atoms with Gasteiger partial charge >= 0.3 is 0 Å². The number of pyridine rings is 2. The van der Waals surface area contributed by atoms with E-state index in [1.807, 2.05) is 36.1 Å². The van der Waals surface area contributed by atoms with Crippen LogP contribution in [0.1, 0.15) is 40.9 Å². The van der Waals surface area contributed by atoms with Crippen LogP contribution in [-0.2, 0) is 0 Å². The topological polar surface area (TPSA) is 81.9 Å². The Balaban J connectivity index is 1.82. The molecule has 1 aliphatic rings. The minimum atomic E-state index is -0.0198. The van der Waals surface area contributed by atoms with E-state index in [0.29, 0.717) is 22.5 Å². The van der Waals surface area contributed by atoms with Crippen molar-refractivity contribution >= 4 is 28.3 Å². The van der Waals surface area contributed by atoms with E-state index in [0.717, 1.165) is 49.1 Å². The van der Waals surface area contributed by atoms with Crippen molar-refractivity contribution in [1.82, 2.24) is 14.9 Å². The molecule has 2 aromatic heterocycles. The predicted octanol–water partition coefficient (Wildman–Crippen LogP) is 4.18. The number of rotatable bonds is 3. The van der Waals surface area contributed by atoms with Gasteiger partial charge in [-0.3, -0.25) is 4.79 Å². The summed E-state index contributed by atoms with van der Waals surface area (Å²) >= 11 is 0. The van der Waals surface area contributed by atoms with E-state index in [1.165, 1.54) is 0 Å². The molecule has 28 heavy (non-hydrogen) atoms. The molecule has 0 unspecified atom stereocenters. The van der Waals surface area contributed by atoms with Gasteiger partial charge in [-0.15, -0.1) is 0 Å². The van der Waals surface area contributed by atoms with Gasteiger partial charge in [-0.1, -0.05) is 6.07 Å². The minimum absolute atomic E-state index is 0.0198. The Hall–Kier alpha value is -3.46. The Bertz CT molecular complexity index is 1080. The maximum Gasteiger partial charge on any atom is 0.257 e. The van der Waals surface area contributed by atoms with Gasteiger partial charge in [-0.2, -0.15) is 5.26 Å². The zero-order valence-corrected chi connectivity index (χ0v) is 15.8. The van der Waals surface area contributed by atoms with Gasteiger partial charge in [0.2, 0.25) is 0 Å². The molecule has 4 rings (SSSR count). The van der Waals surface area contributed by atoms with E-state index in [1.54, 1.807) is 18.3 Å². The molecule has 0 radical (unpaired) electrons. The SMILES string of the molecule is Cc1ccc2c(Nc3cccc(C#N)c3)c(C(=O)N3CCCCC3)cnc2n1. The van der Waals surface area contributed by atoms with Crippen LogP contribution in [0, 0.1) is 18.3 Å². The number of hydrogen-bond donors (Lipinski definition) is 1. The van der Waals surface area contributed by atoms with Crippen molar-refractivity contribution in [2.24, 2.45) is 0 Å². The summed E-state index contributed by atoms with van der Waals surface area (Å²) in [7, 11) is 0. The smallest absolute Gasteiger partial charge is 0.257 e. The van der Waals surface area contributed by atoms with E-state index >= 15 is 0 Å². The molecule has 0 saturated carbocycles. The quantitative estimate of drug-likeness (QED) is 0.747. The van der Waals surface area contributed by atoms with Crippen molar-refractivity contribution in [3.63, 3.8) is 0 Å². The Morgan fingerprint density at radius 3 is 2.79 bits per heavy atom. The van der Waals surface area contributed by atoms with Crippen LogP contribution >= 0.6 is 0 Å². The number of likely N-dealkylation sites (tertiary alicyclic amines) is 1. The highest BCUT2D eigenvalue weighted by Gasteiger charge is 2.23. The van der Waals surface area contributed by atoms with Crippen molar-refractivity contribution in [3.8, 4) is 6.07 Å². The predicted molar refractivity (Wildman–Crippen MR) is 108 cm³/mol. The lowest BCUT2D eigenvalue weighted by molar-refractivity contribution is 0.0725. The van der Waals surface area contributed by atoms with E-state index in [4.69, 9.17) is 0 Å². The molecule has 3 aromatic rings. The first-order chi connectivity index (χ1) is 13.7. The van der Waals surface area contributed by atoms with E-state index in [-0.39, 0.29) is 5.91 Å². The molecule has 0 spiro atoms. The Kier molecular flexibility index (Phi) is 4.90. The van der Waals surface area contributed by atoms with Crippen LogP contribution in [0.4, 0.5) is 11.4 Å². The second-order valence-corrected chi connectivity index (χ2v) is 7.04. The van der Waals surface area contributed by atoms with Crippen LogP contribution in [0.5, 0.6) is 0 Å². The molecule has 140 valence electrons. The van der Waals surface area contributed by atoms with Crippen molar-refractivity contribution in [3.05, 3.63) is 59.4 Å². The van der Waals surface area contributed by atoms with Gasteiger partial charge in [0.15, 0.2) is 5.65 Å². The number of carbonyl (C=O) groups excluding carboxylic acids is 1. The average molecular weight is 371 g/mol. The summed E-state index contributed by atoms with van der Waals surface area (Å²) in [6.07, 6.45) is 4.83. The summed E-state index contributed by atoms with van der Waals surface area (Å²) in [5, 5.41) is 13.3. The molecule has 6 nitrogen and oxygen atoms in total. The zero-order chi connectivity index (χ0) is 19.5. The fourth-order valence-electron chi connectivity index (χ4n) is 3.55. The van der Waals surface area contributed by atoms with Crippen molar-refractivity contribution in [2.45, 2.75) is 26.2 Å². The summed E-state index contributed by atoms with van der Waals surface area (Å²) in [5.74, 6) is -0.0198. The van der Waals surface area contributed by atoms with Crippen LogP contribution < -0.4 is 5.32 Å². The van der Waals surface area contributed by atoms with Crippen LogP contribution in [-0.4, -0.2) is 33.9 Å². The average Bonchev–Trinajstić information content (AvgIpc) is 2.74. The summed E-state index contributed by atoms with van der Waals surface area (Å²) in [6.45, 7) is 3.45. The van der Waals surface area contributed by atoms with Crippen molar-refractivity contribution in [2.75, 3.05) is 18.4 Å². The molecule has 1 fully saturated rings. The number of nitrogens with zero attached hydrogens (tertiary/aromatic N) is 4. The van der Waals surface area contributed by atoms with Crippen molar-refractivity contribution < 1.29 is 4.79 Å². The van der Waals surface area contributed by atoms with E-state index in [2.05, 4.69) is 21.4 Å². The fraction of sp³-hybridized carbons (Fsp3) is 0.273. The van der Waals surface area contributed by atoms with Gasteiger partial charge in [-0.05, 0) is 56.5 Å². The Morgan fingerprint density at radius 1 is 1.18 bits per heavy atom. The molecule has 1 aliphatic heterocycles. The Morgan fingerprint density at radius 2 is 2.00 bits per heavy atom. The molecule has 6 heteroatoms. The second-order valence-electron chi connectivity index (χ2n) is 7.04. The van der Waals surface area contributed by atoms with E-state index < -0.39 is 0 Å². The van der Waals surface area contributed by atoms with E-state index in [9.17, 15) is 10.1 Å². The standard InChI is InChI=1S/C22H21N5O/c1-15-8-9-18-20(26-17-7-5-6-16(12-17)13-23)19(14-24-21(18)25-15)22(28)27-10-3-2-4-11-27/h5-9,12,14H,2-4,10-11H2,1H3,(H,24,25,26). The lowest BCUT2D eigenvalue weighted by Crippen LogP contribution is -2.36. The van der Waals surface area contributed by atoms with Gasteiger partial charge in [0.1, 0.15) is 0 Å². The summed E-state index contributed by atoms with van der Waals surface area (Å²) < 4.78 is 0. The normalized spacial score (nSPS) is 13.9. The molecule has 1 aromatic carbocycles. The lowest BCUT2D eigenvalue weighted by Gasteiger charge is -2.27. The summed E-state index contributed by atoms with van der Waals surface area (Å²) in [4.78, 5) is 24.1. The number of benzene rings is 1. The monoisotopic (exact) mass is 371 g/mol. The van der Waals surface area contributed by atoms with Gasteiger partial charge < -0.3 is 10.2 Å². The third-order valence-corrected chi connectivity index (χ3v) is 5.00. The number of hydrogen-bond acceptors (Lipinski definition) is 5. The number of amides is 1.